The second-order valence-electron chi connectivity index (χ2n) is 21.4. The van der Waals surface area contributed by atoms with Gasteiger partial charge in [-0.1, -0.05) is 187 Å². The molecule has 13 aromatic rings. The number of furan rings is 3. The maximum atomic E-state index is 7.33. The van der Waals surface area contributed by atoms with Crippen LogP contribution < -0.4 is 9.80 Å². The first-order valence-corrected chi connectivity index (χ1v) is 24.8. The molecule has 5 heteroatoms. The molecule has 5 nitrogen and oxygen atoms in total. The lowest BCUT2D eigenvalue weighted by atomic mass is 9.86. The molecule has 3 heterocycles. The van der Waals surface area contributed by atoms with Crippen LogP contribution in [0.1, 0.15) is 63.8 Å². The van der Waals surface area contributed by atoms with Gasteiger partial charge in [0.05, 0.1) is 22.7 Å². The normalized spacial score (nSPS) is 12.5. The van der Waals surface area contributed by atoms with E-state index in [9.17, 15) is 0 Å². The predicted octanol–water partition coefficient (Wildman–Crippen LogP) is 19.8. The Hall–Kier alpha value is -8.28. The Balaban J connectivity index is 1.10. The SMILES string of the molecule is Cc1ccccc1N(c1cc2oc3cc(N(c4ccccc4C)c4cccc5c4oc4c(C(C)(C)C)cccc45)c4ccccc4c3c2c2ccccc12)c1cccc2c1oc1c(C(C)(C)C)cccc12. The number of para-hydroxylation sites is 6. The van der Waals surface area contributed by atoms with Crippen LogP contribution in [0.3, 0.4) is 0 Å². The maximum Gasteiger partial charge on any atom is 0.159 e. The summed E-state index contributed by atoms with van der Waals surface area (Å²) >= 11 is 0. The molecule has 3 aromatic heterocycles. The number of nitrogens with zero attached hydrogens (tertiary/aromatic N) is 2. The second kappa shape index (κ2) is 15.6. The third kappa shape index (κ3) is 6.52. The second-order valence-corrected chi connectivity index (χ2v) is 21.4. The van der Waals surface area contributed by atoms with Crippen LogP contribution in [0, 0.1) is 13.8 Å². The Labute approximate surface area is 413 Å². The number of hydrogen-bond acceptors (Lipinski definition) is 5. The summed E-state index contributed by atoms with van der Waals surface area (Å²) in [5.41, 5.74) is 15.7. The van der Waals surface area contributed by atoms with Crippen LogP contribution in [0.15, 0.2) is 195 Å². The van der Waals surface area contributed by atoms with Crippen LogP contribution >= 0.6 is 0 Å². The summed E-state index contributed by atoms with van der Waals surface area (Å²) in [5, 5.41) is 11.0. The molecule has 0 atom stereocenters. The van der Waals surface area contributed by atoms with Crippen LogP contribution in [0.25, 0.3) is 87.4 Å². The first-order valence-electron chi connectivity index (χ1n) is 24.8. The largest absolute Gasteiger partial charge is 0.456 e. The molecule has 0 aliphatic heterocycles. The zero-order valence-electron chi connectivity index (χ0n) is 41.4. The summed E-state index contributed by atoms with van der Waals surface area (Å²) in [4.78, 5) is 4.77. The maximum absolute atomic E-state index is 7.33. The molecule has 0 fully saturated rings. The van der Waals surface area contributed by atoms with Gasteiger partial charge in [0.1, 0.15) is 22.3 Å². The molecule has 0 saturated heterocycles. The highest BCUT2D eigenvalue weighted by molar-refractivity contribution is 6.30. The predicted molar refractivity (Wildman–Crippen MR) is 300 cm³/mol. The molecular weight excluding hydrogens is 869 g/mol. The van der Waals surface area contributed by atoms with E-state index in [1.165, 1.54) is 11.1 Å². The van der Waals surface area contributed by atoms with E-state index in [1.54, 1.807) is 0 Å². The fraction of sp³-hybridized carbons (Fsp3) is 0.152. The highest BCUT2D eigenvalue weighted by Gasteiger charge is 2.30. The fourth-order valence-electron chi connectivity index (χ4n) is 11.4. The highest BCUT2D eigenvalue weighted by Crippen LogP contribution is 2.52. The van der Waals surface area contributed by atoms with Gasteiger partial charge in [0.15, 0.2) is 11.2 Å². The van der Waals surface area contributed by atoms with Gasteiger partial charge in [-0.25, -0.2) is 0 Å². The summed E-state index contributed by atoms with van der Waals surface area (Å²) in [6.07, 6.45) is 0. The molecule has 0 radical (unpaired) electrons. The number of fused-ring (bicyclic) bond motifs is 13. The topological polar surface area (TPSA) is 45.9 Å². The van der Waals surface area contributed by atoms with Gasteiger partial charge in [-0.3, -0.25) is 0 Å². The van der Waals surface area contributed by atoms with Crippen molar-refractivity contribution >= 4 is 121 Å². The number of rotatable bonds is 6. The van der Waals surface area contributed by atoms with Crippen LogP contribution in [-0.2, 0) is 10.8 Å². The van der Waals surface area contributed by atoms with E-state index in [0.29, 0.717) is 0 Å². The van der Waals surface area contributed by atoms with E-state index in [0.717, 1.165) is 133 Å². The van der Waals surface area contributed by atoms with Crippen LogP contribution in [0.2, 0.25) is 0 Å². The molecule has 0 N–H and O–H groups in total. The minimum Gasteiger partial charge on any atom is -0.456 e. The average Bonchev–Trinajstić information content (AvgIpc) is 4.07. The molecule has 0 bridgehead atoms. The van der Waals surface area contributed by atoms with Crippen LogP contribution in [0.4, 0.5) is 34.1 Å². The molecule has 0 saturated carbocycles. The van der Waals surface area contributed by atoms with Crippen molar-refractivity contribution in [2.45, 2.75) is 66.2 Å². The summed E-state index contributed by atoms with van der Waals surface area (Å²) < 4.78 is 21.5. The average molecular weight is 923 g/mol. The lowest BCUT2D eigenvalue weighted by Crippen LogP contribution is -2.12. The summed E-state index contributed by atoms with van der Waals surface area (Å²) in [5.74, 6) is 0. The minimum atomic E-state index is -0.107. The quantitative estimate of drug-likeness (QED) is 0.166. The van der Waals surface area contributed by atoms with Gasteiger partial charge in [0.2, 0.25) is 0 Å². The number of aryl methyl sites for hydroxylation is 2. The van der Waals surface area contributed by atoms with Crippen molar-refractivity contribution in [2.75, 3.05) is 9.80 Å². The van der Waals surface area contributed by atoms with Gasteiger partial charge in [0.25, 0.3) is 0 Å². The first kappa shape index (κ1) is 42.8. The van der Waals surface area contributed by atoms with Crippen molar-refractivity contribution < 1.29 is 13.3 Å². The monoisotopic (exact) mass is 922 g/mol. The lowest BCUT2D eigenvalue weighted by molar-refractivity contribution is 0.572. The summed E-state index contributed by atoms with van der Waals surface area (Å²) in [6.45, 7) is 17.9. The number of hydrogen-bond donors (Lipinski definition) is 0. The van der Waals surface area contributed by atoms with Crippen LogP contribution in [-0.4, -0.2) is 0 Å². The van der Waals surface area contributed by atoms with E-state index in [4.69, 9.17) is 13.3 Å². The molecule has 0 aliphatic carbocycles. The molecule has 0 unspecified atom stereocenters. The molecule has 346 valence electrons. The van der Waals surface area contributed by atoms with E-state index in [2.05, 4.69) is 247 Å². The Bertz CT molecular complexity index is 4030. The Morgan fingerprint density at radius 2 is 0.620 bits per heavy atom. The Morgan fingerprint density at radius 3 is 1.01 bits per heavy atom. The van der Waals surface area contributed by atoms with Gasteiger partial charge in [-0.05, 0) is 70.8 Å². The van der Waals surface area contributed by atoms with Crippen LogP contribution in [0.5, 0.6) is 0 Å². The molecule has 10 aromatic carbocycles. The zero-order valence-corrected chi connectivity index (χ0v) is 41.4. The fourth-order valence-corrected chi connectivity index (χ4v) is 11.4. The van der Waals surface area contributed by atoms with Gasteiger partial charge in [0, 0.05) is 77.7 Å². The standard InChI is InChI=1S/C66H54N2O3/c1-39-21-9-15-33-51(39)67(53-35-19-29-47-45-27-17-31-49(65(3,4)5)61(45)70-63(47)53)55-37-57-59(43-25-13-11-23-41(43)55)60-44-26-14-12-24-42(44)56(38-58(60)69-57)68(52-34-16-10-22-40(52)2)54-36-20-30-48-46-28-18-32-50(66(6,7)8)62(46)71-64(48)54/h9-38H,1-8H3. The van der Waals surface area contributed by atoms with Crippen molar-refractivity contribution in [1.29, 1.82) is 0 Å². The first-order chi connectivity index (χ1) is 34.3. The van der Waals surface area contributed by atoms with Gasteiger partial charge >= 0.3 is 0 Å². The van der Waals surface area contributed by atoms with Gasteiger partial charge < -0.3 is 23.1 Å². The number of anilines is 6. The molecule has 71 heavy (non-hydrogen) atoms. The molecular formula is C66H54N2O3. The summed E-state index contributed by atoms with van der Waals surface area (Å²) in [7, 11) is 0. The minimum absolute atomic E-state index is 0.107. The van der Waals surface area contributed by atoms with Crippen molar-refractivity contribution in [2.24, 2.45) is 0 Å². The number of benzene rings is 10. The summed E-state index contributed by atoms with van der Waals surface area (Å²) in [6, 6.07) is 65.5. The van der Waals surface area contributed by atoms with E-state index >= 15 is 0 Å². The van der Waals surface area contributed by atoms with E-state index < -0.39 is 0 Å². The molecule has 13 rings (SSSR count). The van der Waals surface area contributed by atoms with Crippen molar-refractivity contribution in [3.8, 4) is 0 Å². The Kier molecular flexibility index (Phi) is 9.41. The zero-order chi connectivity index (χ0) is 48.5. The van der Waals surface area contributed by atoms with Crippen molar-refractivity contribution in [3.63, 3.8) is 0 Å². The molecule has 0 spiro atoms. The van der Waals surface area contributed by atoms with E-state index in [-0.39, 0.29) is 10.8 Å². The smallest absolute Gasteiger partial charge is 0.159 e. The van der Waals surface area contributed by atoms with Crippen molar-refractivity contribution in [3.05, 3.63) is 204 Å². The highest BCUT2D eigenvalue weighted by atomic mass is 16.3. The van der Waals surface area contributed by atoms with E-state index in [1.807, 2.05) is 0 Å². The molecule has 0 aliphatic rings. The van der Waals surface area contributed by atoms with Crippen molar-refractivity contribution in [1.82, 2.24) is 0 Å². The third-order valence-corrected chi connectivity index (χ3v) is 14.7. The van der Waals surface area contributed by atoms with Gasteiger partial charge in [-0.2, -0.15) is 0 Å². The molecule has 0 amide bonds. The lowest BCUT2D eigenvalue weighted by Gasteiger charge is -2.28. The van der Waals surface area contributed by atoms with Gasteiger partial charge in [-0.15, -0.1) is 0 Å². The Morgan fingerprint density at radius 1 is 0.296 bits per heavy atom. The third-order valence-electron chi connectivity index (χ3n) is 14.7.